The molecule has 4 nitrogen and oxygen atoms in total. The number of piperazine rings is 1. The Kier molecular flexibility index (Phi) is 6.99. The van der Waals surface area contributed by atoms with Crippen LogP contribution in [-0.2, 0) is 0 Å². The van der Waals surface area contributed by atoms with Gasteiger partial charge in [0, 0.05) is 30.7 Å². The summed E-state index contributed by atoms with van der Waals surface area (Å²) in [4.78, 5) is 14.6. The smallest absolute Gasteiger partial charge is 0.254 e. The summed E-state index contributed by atoms with van der Waals surface area (Å²) in [6, 6.07) is 8.02. The van der Waals surface area contributed by atoms with Crippen LogP contribution in [0, 0.1) is 0 Å². The zero-order chi connectivity index (χ0) is 14.5. The van der Waals surface area contributed by atoms with Crippen molar-refractivity contribution in [3.8, 4) is 5.75 Å². The maximum Gasteiger partial charge on any atom is 0.254 e. The third-order valence-corrected chi connectivity index (χ3v) is 3.85. The van der Waals surface area contributed by atoms with Crippen LogP contribution in [0.3, 0.4) is 0 Å². The lowest BCUT2D eigenvalue weighted by atomic mass is 10.1. The van der Waals surface area contributed by atoms with Gasteiger partial charge in [-0.3, -0.25) is 4.79 Å². The molecular weight excluding hydrogens is 288 g/mol. The molecule has 0 aliphatic carbocycles. The molecule has 1 heterocycles. The molecule has 2 rings (SSSR count). The van der Waals surface area contributed by atoms with Crippen LogP contribution in [0.5, 0.6) is 5.75 Å². The van der Waals surface area contributed by atoms with E-state index in [-0.39, 0.29) is 24.4 Å². The molecule has 2 atom stereocenters. The van der Waals surface area contributed by atoms with E-state index < -0.39 is 0 Å². The van der Waals surface area contributed by atoms with E-state index in [0.29, 0.717) is 18.2 Å². The Morgan fingerprint density at radius 1 is 1.43 bits per heavy atom. The molecule has 1 aromatic carbocycles. The van der Waals surface area contributed by atoms with Crippen LogP contribution in [0.25, 0.3) is 0 Å². The summed E-state index contributed by atoms with van der Waals surface area (Å²) in [7, 11) is 0. The van der Waals surface area contributed by atoms with E-state index in [9.17, 15) is 4.79 Å². The van der Waals surface area contributed by atoms with Gasteiger partial charge in [0.2, 0.25) is 0 Å². The lowest BCUT2D eigenvalue weighted by Crippen LogP contribution is -2.57. The van der Waals surface area contributed by atoms with Crippen molar-refractivity contribution in [1.29, 1.82) is 0 Å². The Balaban J connectivity index is 0.00000220. The van der Waals surface area contributed by atoms with Crippen LogP contribution in [0.15, 0.2) is 24.3 Å². The van der Waals surface area contributed by atoms with Crippen molar-refractivity contribution in [1.82, 2.24) is 10.2 Å². The lowest BCUT2D eigenvalue weighted by Gasteiger charge is -2.38. The molecule has 0 bridgehead atoms. The van der Waals surface area contributed by atoms with E-state index in [4.69, 9.17) is 4.74 Å². The summed E-state index contributed by atoms with van der Waals surface area (Å²) in [5.41, 5.74) is 0.708. The van der Waals surface area contributed by atoms with Crippen molar-refractivity contribution in [3.63, 3.8) is 0 Å². The molecule has 5 heteroatoms. The molecule has 1 N–H and O–H groups in total. The Labute approximate surface area is 133 Å². The summed E-state index contributed by atoms with van der Waals surface area (Å²) < 4.78 is 5.60. The van der Waals surface area contributed by atoms with Gasteiger partial charge in [-0.25, -0.2) is 0 Å². The molecule has 1 aliphatic heterocycles. The van der Waals surface area contributed by atoms with E-state index in [1.165, 1.54) is 0 Å². The maximum atomic E-state index is 12.6. The van der Waals surface area contributed by atoms with Gasteiger partial charge in [0.25, 0.3) is 5.91 Å². The highest BCUT2D eigenvalue weighted by Gasteiger charge is 2.28. The van der Waals surface area contributed by atoms with Crippen LogP contribution in [-0.4, -0.2) is 42.6 Å². The zero-order valence-corrected chi connectivity index (χ0v) is 13.8. The predicted molar refractivity (Wildman–Crippen MR) is 87.4 cm³/mol. The zero-order valence-electron chi connectivity index (χ0n) is 13.0. The molecule has 118 valence electrons. The van der Waals surface area contributed by atoms with E-state index in [1.807, 2.05) is 29.2 Å². The second kappa shape index (κ2) is 8.25. The molecule has 0 aromatic heterocycles. The molecule has 0 radical (unpaired) electrons. The predicted octanol–water partition coefficient (Wildman–Crippen LogP) is 2.72. The summed E-state index contributed by atoms with van der Waals surface area (Å²) in [5.74, 6) is 0.862. The van der Waals surface area contributed by atoms with Crippen molar-refractivity contribution < 1.29 is 9.53 Å². The van der Waals surface area contributed by atoms with Crippen molar-refractivity contribution in [3.05, 3.63) is 29.8 Å². The SMILES string of the molecule is CCCOc1cccc(C(=O)N2CCNC(C)C2C)c1.Cl. The van der Waals surface area contributed by atoms with Gasteiger partial charge in [-0.1, -0.05) is 13.0 Å². The number of carbonyl (C=O) groups is 1. The number of rotatable bonds is 4. The van der Waals surface area contributed by atoms with Crippen molar-refractivity contribution in [2.75, 3.05) is 19.7 Å². The molecule has 21 heavy (non-hydrogen) atoms. The van der Waals surface area contributed by atoms with Gasteiger partial charge in [-0.05, 0) is 38.5 Å². The molecule has 1 aromatic rings. The van der Waals surface area contributed by atoms with Crippen LogP contribution < -0.4 is 10.1 Å². The normalized spacial score (nSPS) is 21.6. The highest BCUT2D eigenvalue weighted by molar-refractivity contribution is 5.95. The molecule has 2 unspecified atom stereocenters. The molecular formula is C16H25ClN2O2. The van der Waals surface area contributed by atoms with E-state index in [0.717, 1.165) is 25.3 Å². The second-order valence-corrected chi connectivity index (χ2v) is 5.36. The number of benzene rings is 1. The van der Waals surface area contributed by atoms with E-state index >= 15 is 0 Å². The first-order valence-corrected chi connectivity index (χ1v) is 7.40. The van der Waals surface area contributed by atoms with Gasteiger partial charge >= 0.3 is 0 Å². The van der Waals surface area contributed by atoms with Gasteiger partial charge in [-0.2, -0.15) is 0 Å². The number of carbonyl (C=O) groups excluding carboxylic acids is 1. The average Bonchev–Trinajstić information content (AvgIpc) is 2.47. The van der Waals surface area contributed by atoms with E-state index in [1.54, 1.807) is 0 Å². The number of nitrogens with one attached hydrogen (secondary N) is 1. The molecule has 1 amide bonds. The Hall–Kier alpha value is -1.26. The number of ether oxygens (including phenoxy) is 1. The minimum absolute atomic E-state index is 0. The van der Waals surface area contributed by atoms with Gasteiger partial charge < -0.3 is 15.0 Å². The van der Waals surface area contributed by atoms with Gasteiger partial charge in [0.05, 0.1) is 6.61 Å². The quantitative estimate of drug-likeness (QED) is 0.929. The highest BCUT2D eigenvalue weighted by Crippen LogP contribution is 2.18. The molecule has 1 fully saturated rings. The topological polar surface area (TPSA) is 41.6 Å². The minimum atomic E-state index is 0. The fourth-order valence-corrected chi connectivity index (χ4v) is 2.45. The number of hydrogen-bond acceptors (Lipinski definition) is 3. The third-order valence-electron chi connectivity index (χ3n) is 3.85. The fraction of sp³-hybridized carbons (Fsp3) is 0.562. The van der Waals surface area contributed by atoms with Crippen LogP contribution in [0.4, 0.5) is 0 Å². The van der Waals surface area contributed by atoms with Crippen LogP contribution >= 0.6 is 12.4 Å². The lowest BCUT2D eigenvalue weighted by molar-refractivity contribution is 0.0602. The largest absolute Gasteiger partial charge is 0.494 e. The summed E-state index contributed by atoms with van der Waals surface area (Å²) >= 11 is 0. The molecule has 1 saturated heterocycles. The average molecular weight is 313 g/mol. The summed E-state index contributed by atoms with van der Waals surface area (Å²) in [6.07, 6.45) is 0.963. The van der Waals surface area contributed by atoms with Crippen LogP contribution in [0.2, 0.25) is 0 Å². The van der Waals surface area contributed by atoms with Gasteiger partial charge in [0.15, 0.2) is 0 Å². The Morgan fingerprint density at radius 2 is 2.19 bits per heavy atom. The second-order valence-electron chi connectivity index (χ2n) is 5.36. The first-order chi connectivity index (χ1) is 9.63. The fourth-order valence-electron chi connectivity index (χ4n) is 2.45. The summed E-state index contributed by atoms with van der Waals surface area (Å²) in [6.45, 7) is 8.56. The Bertz CT molecular complexity index is 467. The number of hydrogen-bond donors (Lipinski definition) is 1. The summed E-state index contributed by atoms with van der Waals surface area (Å²) in [5, 5.41) is 3.39. The molecule has 1 aliphatic rings. The molecule has 0 saturated carbocycles. The van der Waals surface area contributed by atoms with Crippen molar-refractivity contribution in [2.45, 2.75) is 39.3 Å². The maximum absolute atomic E-state index is 12.6. The van der Waals surface area contributed by atoms with Gasteiger partial charge in [-0.15, -0.1) is 12.4 Å². The standard InChI is InChI=1S/C16H24N2O2.ClH/c1-4-10-20-15-7-5-6-14(11-15)16(19)18-9-8-17-12(2)13(18)3;/h5-7,11-13,17H,4,8-10H2,1-3H3;1H. The third kappa shape index (κ3) is 4.35. The number of amides is 1. The first kappa shape index (κ1) is 17.8. The van der Waals surface area contributed by atoms with Gasteiger partial charge in [0.1, 0.15) is 5.75 Å². The highest BCUT2D eigenvalue weighted by atomic mass is 35.5. The minimum Gasteiger partial charge on any atom is -0.494 e. The monoisotopic (exact) mass is 312 g/mol. The van der Waals surface area contributed by atoms with Crippen molar-refractivity contribution >= 4 is 18.3 Å². The number of nitrogens with zero attached hydrogens (tertiary/aromatic N) is 1. The van der Waals surface area contributed by atoms with E-state index in [2.05, 4.69) is 26.1 Å². The Morgan fingerprint density at radius 3 is 2.90 bits per heavy atom. The van der Waals surface area contributed by atoms with Crippen molar-refractivity contribution in [2.24, 2.45) is 0 Å². The number of halogens is 1. The molecule has 0 spiro atoms. The first-order valence-electron chi connectivity index (χ1n) is 7.40. The van der Waals surface area contributed by atoms with Crippen LogP contribution in [0.1, 0.15) is 37.6 Å².